The van der Waals surface area contributed by atoms with Gasteiger partial charge in [0.15, 0.2) is 0 Å². The standard InChI is InChI=1S/C29H24N4O4/c1-37-18-12-10-17(11-13-18)33-26(34)24-23(14-16-15-30-21-8-4-2-6-19(16)21)32-29(25(24)27(33)35)20-7-3-5-9-22(20)31-28(29)36/h2-13,15,23-25,30,32H,14H2,1H3,(H,31,36)/t23-,24+,25+,29+/m0/s1. The number of rotatable bonds is 4. The molecule has 0 bridgehead atoms. The Kier molecular flexibility index (Phi) is 4.59. The second kappa shape index (κ2) is 7.78. The van der Waals surface area contributed by atoms with Crippen molar-refractivity contribution in [3.63, 3.8) is 0 Å². The zero-order valence-electron chi connectivity index (χ0n) is 20.0. The second-order valence-electron chi connectivity index (χ2n) is 9.84. The fraction of sp³-hybridized carbons (Fsp3) is 0.207. The maximum absolute atomic E-state index is 14.1. The molecule has 3 aliphatic rings. The van der Waals surface area contributed by atoms with Gasteiger partial charge in [-0.2, -0.15) is 0 Å². The number of ether oxygens (including phenoxy) is 1. The molecule has 0 unspecified atom stereocenters. The van der Waals surface area contributed by atoms with E-state index < -0.39 is 23.4 Å². The summed E-state index contributed by atoms with van der Waals surface area (Å²) in [6.45, 7) is 0. The Morgan fingerprint density at radius 2 is 1.68 bits per heavy atom. The molecule has 2 saturated heterocycles. The van der Waals surface area contributed by atoms with E-state index in [-0.39, 0.29) is 17.7 Å². The fourth-order valence-corrected chi connectivity index (χ4v) is 6.46. The van der Waals surface area contributed by atoms with Gasteiger partial charge < -0.3 is 15.0 Å². The van der Waals surface area contributed by atoms with Gasteiger partial charge >= 0.3 is 0 Å². The van der Waals surface area contributed by atoms with Crippen molar-refractivity contribution >= 4 is 40.0 Å². The van der Waals surface area contributed by atoms with E-state index in [1.165, 1.54) is 4.90 Å². The highest BCUT2D eigenvalue weighted by molar-refractivity contribution is 6.25. The van der Waals surface area contributed by atoms with Gasteiger partial charge in [0.2, 0.25) is 17.7 Å². The molecule has 3 aliphatic heterocycles. The quantitative estimate of drug-likeness (QED) is 0.379. The summed E-state index contributed by atoms with van der Waals surface area (Å²) in [6.07, 6.45) is 2.43. The Bertz CT molecular complexity index is 1590. The van der Waals surface area contributed by atoms with Crippen molar-refractivity contribution in [2.45, 2.75) is 18.0 Å². The molecule has 4 heterocycles. The number of hydrogen-bond donors (Lipinski definition) is 3. The van der Waals surface area contributed by atoms with E-state index in [2.05, 4.69) is 15.6 Å². The molecule has 0 saturated carbocycles. The van der Waals surface area contributed by atoms with Gasteiger partial charge in [-0.1, -0.05) is 36.4 Å². The maximum Gasteiger partial charge on any atom is 0.250 e. The SMILES string of the molecule is COc1ccc(N2C(=O)[C@@H]3[C@H](Cc4c[nH]c5ccccc45)N[C@@]4(C(=O)Nc5ccccc54)[C@H]3C2=O)cc1. The predicted octanol–water partition coefficient (Wildman–Crippen LogP) is 3.34. The first-order chi connectivity index (χ1) is 18.0. The molecule has 8 nitrogen and oxygen atoms in total. The van der Waals surface area contributed by atoms with Crippen molar-refractivity contribution in [1.29, 1.82) is 0 Å². The van der Waals surface area contributed by atoms with Gasteiger partial charge in [-0.25, -0.2) is 4.90 Å². The normalized spacial score (nSPS) is 26.1. The molecule has 0 radical (unpaired) electrons. The first-order valence-corrected chi connectivity index (χ1v) is 12.3. The lowest BCUT2D eigenvalue weighted by molar-refractivity contribution is -0.130. The average Bonchev–Trinajstić information content (AvgIpc) is 3.63. The number of nitrogens with one attached hydrogen (secondary N) is 3. The number of H-pyrrole nitrogens is 1. The molecule has 4 atom stereocenters. The van der Waals surface area contributed by atoms with Gasteiger partial charge in [0, 0.05) is 34.4 Å². The number of benzene rings is 3. The van der Waals surface area contributed by atoms with Gasteiger partial charge in [-0.05, 0) is 48.4 Å². The number of hydrogen-bond acceptors (Lipinski definition) is 5. The first-order valence-electron chi connectivity index (χ1n) is 12.3. The molecular weight excluding hydrogens is 468 g/mol. The molecule has 3 aromatic carbocycles. The minimum atomic E-state index is -1.33. The van der Waals surface area contributed by atoms with E-state index in [1.54, 1.807) is 31.4 Å². The summed E-state index contributed by atoms with van der Waals surface area (Å²) >= 11 is 0. The van der Waals surface area contributed by atoms with E-state index in [9.17, 15) is 14.4 Å². The molecule has 2 fully saturated rings. The summed E-state index contributed by atoms with van der Waals surface area (Å²) in [5.41, 5.74) is 2.53. The number of amides is 3. The van der Waals surface area contributed by atoms with E-state index in [0.717, 1.165) is 16.5 Å². The lowest BCUT2D eigenvalue weighted by Crippen LogP contribution is -2.53. The minimum Gasteiger partial charge on any atom is -0.497 e. The monoisotopic (exact) mass is 492 g/mol. The molecule has 0 aliphatic carbocycles. The van der Waals surface area contributed by atoms with Gasteiger partial charge in [-0.15, -0.1) is 0 Å². The molecule has 7 rings (SSSR count). The number of anilines is 2. The van der Waals surface area contributed by atoms with Gasteiger partial charge in [-0.3, -0.25) is 19.7 Å². The third kappa shape index (κ3) is 2.90. The lowest BCUT2D eigenvalue weighted by atomic mass is 9.76. The second-order valence-corrected chi connectivity index (χ2v) is 9.84. The Labute approximate surface area is 212 Å². The fourth-order valence-electron chi connectivity index (χ4n) is 6.46. The third-order valence-corrected chi connectivity index (χ3v) is 8.07. The van der Waals surface area contributed by atoms with Gasteiger partial charge in [0.25, 0.3) is 0 Å². The van der Waals surface area contributed by atoms with Gasteiger partial charge in [0.05, 0.1) is 24.6 Å². The number of aromatic nitrogens is 1. The molecule has 1 spiro atoms. The molecule has 184 valence electrons. The number of imide groups is 1. The first kappa shape index (κ1) is 21.8. The molecule has 1 aromatic heterocycles. The van der Waals surface area contributed by atoms with Crippen LogP contribution in [0, 0.1) is 11.8 Å². The topological polar surface area (TPSA) is 104 Å². The van der Waals surface area contributed by atoms with Gasteiger partial charge in [0.1, 0.15) is 11.3 Å². The largest absolute Gasteiger partial charge is 0.497 e. The zero-order valence-corrected chi connectivity index (χ0v) is 20.0. The number of nitrogens with zero attached hydrogens (tertiary/aromatic N) is 1. The molecule has 4 aromatic rings. The van der Waals surface area contributed by atoms with Crippen LogP contribution in [0.2, 0.25) is 0 Å². The zero-order chi connectivity index (χ0) is 25.3. The van der Waals surface area contributed by atoms with Crippen molar-refractivity contribution in [3.05, 3.63) is 90.1 Å². The number of carbonyl (C=O) groups excluding carboxylic acids is 3. The summed E-state index contributed by atoms with van der Waals surface area (Å²) in [6, 6.07) is 21.8. The van der Waals surface area contributed by atoms with Crippen LogP contribution in [0.25, 0.3) is 10.9 Å². The summed E-state index contributed by atoms with van der Waals surface area (Å²) in [5, 5.41) is 7.52. The van der Waals surface area contributed by atoms with E-state index in [0.29, 0.717) is 29.1 Å². The summed E-state index contributed by atoms with van der Waals surface area (Å²) in [4.78, 5) is 46.3. The molecule has 8 heteroatoms. The number of para-hydroxylation sites is 2. The molecule has 37 heavy (non-hydrogen) atoms. The van der Waals surface area contributed by atoms with E-state index in [1.807, 2.05) is 54.7 Å². The predicted molar refractivity (Wildman–Crippen MR) is 138 cm³/mol. The van der Waals surface area contributed by atoms with Crippen LogP contribution in [-0.2, 0) is 26.3 Å². The average molecular weight is 493 g/mol. The molecular formula is C29H24N4O4. The summed E-state index contributed by atoms with van der Waals surface area (Å²) < 4.78 is 5.25. The van der Waals surface area contributed by atoms with E-state index in [4.69, 9.17) is 4.74 Å². The van der Waals surface area contributed by atoms with Crippen molar-refractivity contribution in [1.82, 2.24) is 10.3 Å². The molecule has 3 amide bonds. The number of aromatic amines is 1. The highest BCUT2D eigenvalue weighted by Gasteiger charge is 2.70. The summed E-state index contributed by atoms with van der Waals surface area (Å²) in [7, 11) is 1.56. The summed E-state index contributed by atoms with van der Waals surface area (Å²) in [5.74, 6) is -1.93. The van der Waals surface area contributed by atoms with Crippen molar-refractivity contribution in [2.75, 3.05) is 17.3 Å². The van der Waals surface area contributed by atoms with Crippen molar-refractivity contribution in [3.8, 4) is 5.75 Å². The van der Waals surface area contributed by atoms with Crippen LogP contribution >= 0.6 is 0 Å². The highest BCUT2D eigenvalue weighted by Crippen LogP contribution is 2.54. The maximum atomic E-state index is 14.1. The smallest absolute Gasteiger partial charge is 0.250 e. The lowest BCUT2D eigenvalue weighted by Gasteiger charge is -2.29. The Hall–Kier alpha value is -4.43. The number of carbonyl (C=O) groups is 3. The Morgan fingerprint density at radius 1 is 0.919 bits per heavy atom. The van der Waals surface area contributed by atoms with Crippen LogP contribution in [0.1, 0.15) is 11.1 Å². The van der Waals surface area contributed by atoms with Crippen LogP contribution in [0.5, 0.6) is 5.75 Å². The number of methoxy groups -OCH3 is 1. The van der Waals surface area contributed by atoms with Crippen LogP contribution < -0.4 is 20.3 Å². The highest BCUT2D eigenvalue weighted by atomic mass is 16.5. The van der Waals surface area contributed by atoms with Crippen LogP contribution in [0.3, 0.4) is 0 Å². The Morgan fingerprint density at radius 3 is 2.49 bits per heavy atom. The third-order valence-electron chi connectivity index (χ3n) is 8.07. The van der Waals surface area contributed by atoms with Crippen molar-refractivity contribution < 1.29 is 19.1 Å². The molecule has 3 N–H and O–H groups in total. The van der Waals surface area contributed by atoms with Crippen molar-refractivity contribution in [2.24, 2.45) is 11.8 Å². The minimum absolute atomic E-state index is 0.299. The van der Waals surface area contributed by atoms with Crippen LogP contribution in [-0.4, -0.2) is 35.9 Å². The Balaban J connectivity index is 1.36. The number of fused-ring (bicyclic) bond motifs is 5. The van der Waals surface area contributed by atoms with Crippen LogP contribution in [0.15, 0.2) is 79.0 Å². The van der Waals surface area contributed by atoms with E-state index >= 15 is 0 Å². The van der Waals surface area contributed by atoms with Crippen LogP contribution in [0.4, 0.5) is 11.4 Å².